The quantitative estimate of drug-likeness (QED) is 0.514. The summed E-state index contributed by atoms with van der Waals surface area (Å²) in [5, 5.41) is 7.78. The molecule has 138 valence electrons. The molecule has 3 N–H and O–H groups in total. The van der Waals surface area contributed by atoms with Crippen LogP contribution in [0.25, 0.3) is 0 Å². The van der Waals surface area contributed by atoms with Crippen molar-refractivity contribution in [3.63, 3.8) is 0 Å². The van der Waals surface area contributed by atoms with Gasteiger partial charge in [0, 0.05) is 37.5 Å². The number of nitrogens with zero attached hydrogens (tertiary/aromatic N) is 2. The van der Waals surface area contributed by atoms with Crippen molar-refractivity contribution in [3.05, 3.63) is 41.6 Å². The summed E-state index contributed by atoms with van der Waals surface area (Å²) in [5.74, 6) is -0.726. The van der Waals surface area contributed by atoms with Gasteiger partial charge in [0.2, 0.25) is 11.9 Å². The molecule has 1 heterocycles. The van der Waals surface area contributed by atoms with Gasteiger partial charge in [-0.1, -0.05) is 0 Å². The molecular weight excluding hydrogens is 351 g/mol. The van der Waals surface area contributed by atoms with Crippen molar-refractivity contribution < 1.29 is 22.8 Å². The molecule has 26 heavy (non-hydrogen) atoms. The number of carbonyl (C=O) groups excluding carboxylic acids is 2. The Labute approximate surface area is 147 Å². The minimum Gasteiger partial charge on any atom is -0.368 e. The first-order valence-corrected chi connectivity index (χ1v) is 7.54. The Bertz CT molecular complexity index is 778. The Balaban J connectivity index is 2.17. The summed E-state index contributed by atoms with van der Waals surface area (Å²) in [6.07, 6.45) is -3.27. The Morgan fingerprint density at radius 3 is 2.46 bits per heavy atom. The third kappa shape index (κ3) is 5.43. The van der Waals surface area contributed by atoms with Crippen molar-refractivity contribution in [3.8, 4) is 0 Å². The van der Waals surface area contributed by atoms with Crippen LogP contribution < -0.4 is 16.0 Å². The van der Waals surface area contributed by atoms with E-state index >= 15 is 0 Å². The molecule has 0 atom stereocenters. The number of benzene rings is 1. The molecule has 7 nitrogen and oxygen atoms in total. The molecule has 0 saturated carbocycles. The summed E-state index contributed by atoms with van der Waals surface area (Å²) < 4.78 is 39.3. The monoisotopic (exact) mass is 367 g/mol. The zero-order valence-electron chi connectivity index (χ0n) is 13.7. The molecule has 0 aliphatic rings. The normalized spacial score (nSPS) is 10.9. The Morgan fingerprint density at radius 2 is 1.88 bits per heavy atom. The summed E-state index contributed by atoms with van der Waals surface area (Å²) >= 11 is 0. The van der Waals surface area contributed by atoms with Crippen LogP contribution in [0.15, 0.2) is 30.5 Å². The van der Waals surface area contributed by atoms with Gasteiger partial charge in [-0.3, -0.25) is 9.59 Å². The SMILES string of the molecule is CC(=O)NCCNc1nc(Nc2ccc(C=O)cc2)ncc1C(F)(F)F. The molecule has 0 aliphatic carbocycles. The topological polar surface area (TPSA) is 96.0 Å². The number of alkyl halides is 3. The van der Waals surface area contributed by atoms with Gasteiger partial charge < -0.3 is 16.0 Å². The molecule has 1 aromatic carbocycles. The van der Waals surface area contributed by atoms with Crippen LogP contribution in [0.5, 0.6) is 0 Å². The molecule has 2 rings (SSSR count). The molecule has 0 aliphatic heterocycles. The van der Waals surface area contributed by atoms with Crippen molar-refractivity contribution in [2.75, 3.05) is 23.7 Å². The first-order chi connectivity index (χ1) is 12.3. The van der Waals surface area contributed by atoms with Crippen LogP contribution in [0.4, 0.5) is 30.6 Å². The van der Waals surface area contributed by atoms with Crippen molar-refractivity contribution in [1.29, 1.82) is 0 Å². The summed E-state index contributed by atoms with van der Waals surface area (Å²) in [6.45, 7) is 1.52. The first kappa shape index (κ1) is 19.2. The smallest absolute Gasteiger partial charge is 0.368 e. The predicted octanol–water partition coefficient (Wildman–Crippen LogP) is 2.60. The Hall–Kier alpha value is -3.17. The number of amides is 1. The molecule has 0 unspecified atom stereocenters. The second-order valence-corrected chi connectivity index (χ2v) is 5.23. The largest absolute Gasteiger partial charge is 0.421 e. The Morgan fingerprint density at radius 1 is 1.19 bits per heavy atom. The van der Waals surface area contributed by atoms with E-state index in [1.54, 1.807) is 24.3 Å². The molecule has 0 fully saturated rings. The average Bonchev–Trinajstić information content (AvgIpc) is 2.58. The molecule has 0 radical (unpaired) electrons. The van der Waals surface area contributed by atoms with Crippen LogP contribution in [0.1, 0.15) is 22.8 Å². The number of halogens is 3. The molecule has 1 amide bonds. The van der Waals surface area contributed by atoms with E-state index in [1.165, 1.54) is 6.92 Å². The van der Waals surface area contributed by atoms with Crippen LogP contribution in [0, 0.1) is 0 Å². The second-order valence-electron chi connectivity index (χ2n) is 5.23. The summed E-state index contributed by atoms with van der Waals surface area (Å²) in [6, 6.07) is 6.25. The maximum atomic E-state index is 13.1. The van der Waals surface area contributed by atoms with Crippen molar-refractivity contribution in [1.82, 2.24) is 15.3 Å². The van der Waals surface area contributed by atoms with E-state index in [0.717, 1.165) is 0 Å². The van der Waals surface area contributed by atoms with Crippen molar-refractivity contribution in [2.24, 2.45) is 0 Å². The molecule has 0 bridgehead atoms. The average molecular weight is 367 g/mol. The van der Waals surface area contributed by atoms with Gasteiger partial charge in [0.15, 0.2) is 0 Å². The van der Waals surface area contributed by atoms with E-state index < -0.39 is 17.6 Å². The molecule has 2 aromatic rings. The predicted molar refractivity (Wildman–Crippen MR) is 89.3 cm³/mol. The van der Waals surface area contributed by atoms with Gasteiger partial charge >= 0.3 is 6.18 Å². The fourth-order valence-electron chi connectivity index (χ4n) is 1.98. The second kappa shape index (κ2) is 8.28. The van der Waals surface area contributed by atoms with Gasteiger partial charge in [-0.05, 0) is 24.3 Å². The highest BCUT2D eigenvalue weighted by Crippen LogP contribution is 2.34. The van der Waals surface area contributed by atoms with Crippen molar-refractivity contribution >= 4 is 29.6 Å². The van der Waals surface area contributed by atoms with E-state index in [0.29, 0.717) is 23.7 Å². The summed E-state index contributed by atoms with van der Waals surface area (Å²) in [7, 11) is 0. The third-order valence-electron chi connectivity index (χ3n) is 3.19. The van der Waals surface area contributed by atoms with Gasteiger partial charge in [0.1, 0.15) is 17.7 Å². The molecule has 1 aromatic heterocycles. The lowest BCUT2D eigenvalue weighted by atomic mass is 10.2. The van der Waals surface area contributed by atoms with E-state index in [1.807, 2.05) is 0 Å². The number of nitrogens with one attached hydrogen (secondary N) is 3. The molecule has 0 spiro atoms. The zero-order valence-corrected chi connectivity index (χ0v) is 13.7. The van der Waals surface area contributed by atoms with Gasteiger partial charge in [0.25, 0.3) is 0 Å². The van der Waals surface area contributed by atoms with Crippen LogP contribution >= 0.6 is 0 Å². The maximum absolute atomic E-state index is 13.1. The van der Waals surface area contributed by atoms with Crippen LogP contribution in [-0.4, -0.2) is 35.3 Å². The van der Waals surface area contributed by atoms with Crippen molar-refractivity contribution in [2.45, 2.75) is 13.1 Å². The lowest BCUT2D eigenvalue weighted by molar-refractivity contribution is -0.137. The van der Waals surface area contributed by atoms with Crippen LogP contribution in [-0.2, 0) is 11.0 Å². The zero-order chi connectivity index (χ0) is 19.2. The lowest BCUT2D eigenvalue weighted by Gasteiger charge is -2.15. The Kier molecular flexibility index (Phi) is 6.10. The number of hydrogen-bond acceptors (Lipinski definition) is 6. The minimum absolute atomic E-state index is 0.0427. The number of hydrogen-bond donors (Lipinski definition) is 3. The van der Waals surface area contributed by atoms with E-state index in [-0.39, 0.29) is 24.9 Å². The van der Waals surface area contributed by atoms with Gasteiger partial charge in [-0.15, -0.1) is 0 Å². The van der Waals surface area contributed by atoms with E-state index in [9.17, 15) is 22.8 Å². The third-order valence-corrected chi connectivity index (χ3v) is 3.19. The number of aromatic nitrogens is 2. The van der Waals surface area contributed by atoms with Gasteiger partial charge in [-0.2, -0.15) is 18.2 Å². The van der Waals surface area contributed by atoms with Gasteiger partial charge in [0.05, 0.1) is 0 Å². The minimum atomic E-state index is -4.62. The molecule has 0 saturated heterocycles. The first-order valence-electron chi connectivity index (χ1n) is 7.54. The van der Waals surface area contributed by atoms with Gasteiger partial charge in [-0.25, -0.2) is 4.98 Å². The van der Waals surface area contributed by atoms with Crippen LogP contribution in [0.3, 0.4) is 0 Å². The highest BCUT2D eigenvalue weighted by Gasteiger charge is 2.35. The number of rotatable bonds is 7. The molecule has 10 heteroatoms. The fourth-order valence-corrected chi connectivity index (χ4v) is 1.98. The summed E-state index contributed by atoms with van der Waals surface area (Å²) in [5.41, 5.74) is -0.0362. The van der Waals surface area contributed by atoms with Crippen LogP contribution in [0.2, 0.25) is 0 Å². The summed E-state index contributed by atoms with van der Waals surface area (Å²) in [4.78, 5) is 29.0. The highest BCUT2D eigenvalue weighted by molar-refractivity contribution is 5.76. The lowest BCUT2D eigenvalue weighted by Crippen LogP contribution is -2.27. The number of anilines is 3. The van der Waals surface area contributed by atoms with E-state index in [4.69, 9.17) is 0 Å². The van der Waals surface area contributed by atoms with E-state index in [2.05, 4.69) is 25.9 Å². The standard InChI is InChI=1S/C16H16F3N5O2/c1-10(26)20-6-7-21-14-13(16(17,18)19)8-22-15(24-14)23-12-4-2-11(9-25)3-5-12/h2-5,8-9H,6-7H2,1H3,(H,20,26)(H2,21,22,23,24). The highest BCUT2D eigenvalue weighted by atomic mass is 19.4. The molecular formula is C16H16F3N5O2. The number of carbonyl (C=O) groups is 2. The fraction of sp³-hybridized carbons (Fsp3) is 0.250. The number of aldehydes is 1. The maximum Gasteiger partial charge on any atom is 0.421 e.